The van der Waals surface area contributed by atoms with Crippen molar-refractivity contribution in [1.29, 1.82) is 0 Å². The van der Waals surface area contributed by atoms with Crippen molar-refractivity contribution < 1.29 is 0 Å². The number of hydrogen-bond acceptors (Lipinski definition) is 2. The van der Waals surface area contributed by atoms with Gasteiger partial charge >= 0.3 is 0 Å². The van der Waals surface area contributed by atoms with Crippen molar-refractivity contribution in [2.75, 3.05) is 0 Å². The first-order valence-corrected chi connectivity index (χ1v) is 3.77. The van der Waals surface area contributed by atoms with E-state index < -0.39 is 0 Å². The van der Waals surface area contributed by atoms with Crippen LogP contribution in [0.4, 0.5) is 0 Å². The van der Waals surface area contributed by atoms with Gasteiger partial charge in [0.05, 0.1) is 0 Å². The van der Waals surface area contributed by atoms with Gasteiger partial charge in [-0.05, 0) is 25.8 Å². The monoisotopic (exact) mass is 146 g/mol. The number of nitrogens with zero attached hydrogens (tertiary/aromatic N) is 2. The van der Waals surface area contributed by atoms with E-state index in [-0.39, 0.29) is 0 Å². The molecule has 0 atom stereocenters. The number of rotatable bonds is 1. The van der Waals surface area contributed by atoms with Crippen LogP contribution in [-0.4, -0.2) is 9.97 Å². The molecule has 0 saturated heterocycles. The first-order valence-electron chi connectivity index (χ1n) is 3.77. The zero-order chi connectivity index (χ0) is 7.84. The first-order chi connectivity index (χ1) is 5.27. The average molecular weight is 146 g/mol. The average Bonchev–Trinajstić information content (AvgIpc) is 2.70. The smallest absolute Gasteiger partial charge is 0.125 e. The lowest BCUT2D eigenvalue weighted by molar-refractivity contribution is 1.00. The van der Waals surface area contributed by atoms with Gasteiger partial charge in [-0.2, -0.15) is 0 Å². The van der Waals surface area contributed by atoms with Crippen LogP contribution in [0.2, 0.25) is 0 Å². The Hall–Kier alpha value is -1.18. The third kappa shape index (κ3) is 1.16. The predicted molar refractivity (Wildman–Crippen MR) is 44.1 cm³/mol. The fourth-order valence-electron chi connectivity index (χ4n) is 1.17. The molecule has 1 aromatic rings. The Kier molecular flexibility index (Phi) is 1.28. The molecule has 0 aliphatic heterocycles. The molecule has 0 fully saturated rings. The lowest BCUT2D eigenvalue weighted by atomic mass is 10.2. The molecule has 0 aromatic carbocycles. The van der Waals surface area contributed by atoms with E-state index in [4.69, 9.17) is 0 Å². The van der Waals surface area contributed by atoms with E-state index in [1.165, 1.54) is 11.1 Å². The molecule has 2 heteroatoms. The molecule has 2 nitrogen and oxygen atoms in total. The summed E-state index contributed by atoms with van der Waals surface area (Å²) in [6, 6.07) is 0. The second-order valence-corrected chi connectivity index (χ2v) is 2.85. The van der Waals surface area contributed by atoms with Crippen molar-refractivity contribution in [3.8, 4) is 0 Å². The Labute approximate surface area is 66.0 Å². The molecule has 0 amide bonds. The van der Waals surface area contributed by atoms with Crippen LogP contribution in [-0.2, 0) is 0 Å². The van der Waals surface area contributed by atoms with E-state index in [9.17, 15) is 0 Å². The quantitative estimate of drug-likeness (QED) is 0.604. The Morgan fingerprint density at radius 1 is 1.36 bits per heavy atom. The van der Waals surface area contributed by atoms with Crippen LogP contribution in [0.3, 0.4) is 0 Å². The molecule has 1 aliphatic carbocycles. The Bertz CT molecular complexity index is 326. The van der Waals surface area contributed by atoms with Crippen LogP contribution in [0.25, 0.3) is 5.57 Å². The molecule has 56 valence electrons. The second-order valence-electron chi connectivity index (χ2n) is 2.85. The lowest BCUT2D eigenvalue weighted by Gasteiger charge is -1.99. The van der Waals surface area contributed by atoms with Gasteiger partial charge in [0.15, 0.2) is 0 Å². The Morgan fingerprint density at radius 3 is 2.64 bits per heavy atom. The van der Waals surface area contributed by atoms with Gasteiger partial charge in [-0.1, -0.05) is 6.08 Å². The number of aryl methyl sites for hydroxylation is 2. The van der Waals surface area contributed by atoms with E-state index in [2.05, 4.69) is 16.0 Å². The summed E-state index contributed by atoms with van der Waals surface area (Å²) in [5, 5.41) is 0. The third-order valence-corrected chi connectivity index (χ3v) is 1.85. The highest BCUT2D eigenvalue weighted by molar-refractivity contribution is 5.77. The summed E-state index contributed by atoms with van der Waals surface area (Å²) in [5.41, 5.74) is 3.71. The van der Waals surface area contributed by atoms with Crippen molar-refractivity contribution in [1.82, 2.24) is 9.97 Å². The van der Waals surface area contributed by atoms with Crippen LogP contribution in [0.15, 0.2) is 12.3 Å². The third-order valence-electron chi connectivity index (χ3n) is 1.85. The summed E-state index contributed by atoms with van der Waals surface area (Å²) in [6.45, 7) is 3.95. The van der Waals surface area contributed by atoms with Gasteiger partial charge in [0.1, 0.15) is 5.82 Å². The molecule has 0 radical (unpaired) electrons. The molecule has 1 heterocycles. The number of aromatic nitrogens is 2. The zero-order valence-corrected chi connectivity index (χ0v) is 6.76. The first kappa shape index (κ1) is 6.53. The molecule has 0 bridgehead atoms. The molecule has 0 saturated carbocycles. The fraction of sp³-hybridized carbons (Fsp3) is 0.333. The van der Waals surface area contributed by atoms with E-state index in [0.717, 1.165) is 17.9 Å². The summed E-state index contributed by atoms with van der Waals surface area (Å²) in [4.78, 5) is 8.43. The summed E-state index contributed by atoms with van der Waals surface area (Å²) in [7, 11) is 0. The molecule has 0 spiro atoms. The molecule has 11 heavy (non-hydrogen) atoms. The molecular formula is C9H10N2. The topological polar surface area (TPSA) is 25.8 Å². The number of allylic oxidation sites excluding steroid dienone is 2. The van der Waals surface area contributed by atoms with Crippen LogP contribution >= 0.6 is 0 Å². The SMILES string of the molecule is Cc1ncc(C2=CC2)c(C)n1. The van der Waals surface area contributed by atoms with Crippen molar-refractivity contribution >= 4 is 5.57 Å². The zero-order valence-electron chi connectivity index (χ0n) is 6.76. The Balaban J connectivity index is 2.48. The highest BCUT2D eigenvalue weighted by atomic mass is 14.9. The summed E-state index contributed by atoms with van der Waals surface area (Å²) in [6.07, 6.45) is 5.23. The predicted octanol–water partition coefficient (Wildman–Crippen LogP) is 1.88. The summed E-state index contributed by atoms with van der Waals surface area (Å²) in [5.74, 6) is 0.854. The molecule has 1 aliphatic rings. The highest BCUT2D eigenvalue weighted by Gasteiger charge is 2.13. The van der Waals surface area contributed by atoms with Crippen LogP contribution in [0.1, 0.15) is 23.5 Å². The fourth-order valence-corrected chi connectivity index (χ4v) is 1.17. The van der Waals surface area contributed by atoms with Gasteiger partial charge in [0, 0.05) is 17.5 Å². The summed E-state index contributed by atoms with van der Waals surface area (Å²) >= 11 is 0. The van der Waals surface area contributed by atoms with Gasteiger partial charge < -0.3 is 0 Å². The van der Waals surface area contributed by atoms with Crippen molar-refractivity contribution in [2.45, 2.75) is 20.3 Å². The molecule has 1 aromatic heterocycles. The van der Waals surface area contributed by atoms with E-state index in [0.29, 0.717) is 0 Å². The minimum atomic E-state index is 0.854. The Morgan fingerprint density at radius 2 is 2.09 bits per heavy atom. The highest BCUT2D eigenvalue weighted by Crippen LogP contribution is 2.31. The second kappa shape index (κ2) is 2.16. The molecule has 0 N–H and O–H groups in total. The maximum Gasteiger partial charge on any atom is 0.125 e. The van der Waals surface area contributed by atoms with Gasteiger partial charge in [0.2, 0.25) is 0 Å². The maximum absolute atomic E-state index is 4.28. The minimum absolute atomic E-state index is 0.854. The van der Waals surface area contributed by atoms with Crippen molar-refractivity contribution in [3.05, 3.63) is 29.4 Å². The van der Waals surface area contributed by atoms with Gasteiger partial charge in [-0.25, -0.2) is 9.97 Å². The van der Waals surface area contributed by atoms with Crippen molar-refractivity contribution in [3.63, 3.8) is 0 Å². The van der Waals surface area contributed by atoms with Crippen LogP contribution < -0.4 is 0 Å². The summed E-state index contributed by atoms with van der Waals surface area (Å²) < 4.78 is 0. The van der Waals surface area contributed by atoms with Crippen LogP contribution in [0, 0.1) is 13.8 Å². The van der Waals surface area contributed by atoms with Gasteiger partial charge in [-0.15, -0.1) is 0 Å². The molecule has 2 rings (SSSR count). The normalized spacial score (nSPS) is 14.5. The lowest BCUT2D eigenvalue weighted by Crippen LogP contribution is -1.93. The maximum atomic E-state index is 4.28. The largest absolute Gasteiger partial charge is 0.241 e. The minimum Gasteiger partial charge on any atom is -0.241 e. The standard InChI is InChI=1S/C9H10N2/c1-6-9(8-3-4-8)5-10-7(2)11-6/h3,5H,4H2,1-2H3. The van der Waals surface area contributed by atoms with Gasteiger partial charge in [-0.3, -0.25) is 0 Å². The van der Waals surface area contributed by atoms with Crippen molar-refractivity contribution in [2.24, 2.45) is 0 Å². The number of hydrogen-bond donors (Lipinski definition) is 0. The molecular weight excluding hydrogens is 136 g/mol. The van der Waals surface area contributed by atoms with Gasteiger partial charge in [0.25, 0.3) is 0 Å². The van der Waals surface area contributed by atoms with E-state index in [1.54, 1.807) is 0 Å². The molecule has 0 unspecified atom stereocenters. The van der Waals surface area contributed by atoms with E-state index >= 15 is 0 Å². The van der Waals surface area contributed by atoms with E-state index in [1.807, 2.05) is 20.0 Å². The van der Waals surface area contributed by atoms with Crippen LogP contribution in [0.5, 0.6) is 0 Å².